The highest BCUT2D eigenvalue weighted by atomic mass is 16.6. The molecule has 0 aromatic carbocycles. The molecule has 3 heterocycles. The first-order chi connectivity index (χ1) is 14.4. The Hall–Kier alpha value is -1.40. The van der Waals surface area contributed by atoms with Crippen molar-refractivity contribution in [3.63, 3.8) is 0 Å². The lowest BCUT2D eigenvalue weighted by molar-refractivity contribution is -0.126. The zero-order chi connectivity index (χ0) is 22.6. The second kappa shape index (κ2) is 6.57. The second-order valence-electron chi connectivity index (χ2n) is 11.5. The van der Waals surface area contributed by atoms with Gasteiger partial charge < -0.3 is 19.5 Å². The van der Waals surface area contributed by atoms with E-state index in [-0.39, 0.29) is 64.5 Å². The summed E-state index contributed by atoms with van der Waals surface area (Å²) in [6, 6.07) is -0.515. The van der Waals surface area contributed by atoms with Gasteiger partial charge in [-0.3, -0.25) is 9.59 Å². The van der Waals surface area contributed by atoms with Gasteiger partial charge in [-0.2, -0.15) is 0 Å². The third kappa shape index (κ3) is 2.70. The van der Waals surface area contributed by atoms with Crippen LogP contribution in [0.15, 0.2) is 11.3 Å². The molecule has 5 fully saturated rings. The lowest BCUT2D eigenvalue weighted by Gasteiger charge is -2.49. The van der Waals surface area contributed by atoms with E-state index >= 15 is 0 Å². The minimum absolute atomic E-state index is 0.00199. The third-order valence-corrected chi connectivity index (χ3v) is 9.49. The van der Waals surface area contributed by atoms with Gasteiger partial charge in [0, 0.05) is 18.9 Å². The number of carbonyl (C=O) groups excluding carboxylic acids is 2. The highest BCUT2D eigenvalue weighted by Crippen LogP contribution is 2.69. The summed E-state index contributed by atoms with van der Waals surface area (Å²) in [5, 5.41) is 11.8. The summed E-state index contributed by atoms with van der Waals surface area (Å²) in [5.41, 5.74) is -0.795. The topological polar surface area (TPSA) is 82.7 Å². The van der Waals surface area contributed by atoms with E-state index in [1.807, 2.05) is 13.8 Å². The average molecular weight is 432 g/mol. The van der Waals surface area contributed by atoms with Crippen molar-refractivity contribution >= 4 is 11.7 Å². The summed E-state index contributed by atoms with van der Waals surface area (Å²) in [4.78, 5) is 28.1. The Morgan fingerprint density at radius 1 is 1.13 bits per heavy atom. The number of likely N-dealkylation sites (tertiary alicyclic amines) is 1. The molecule has 10 atom stereocenters. The maximum absolute atomic E-state index is 13.4. The molecule has 0 aromatic rings. The van der Waals surface area contributed by atoms with E-state index in [0.29, 0.717) is 11.8 Å². The molecule has 3 saturated heterocycles. The molecule has 0 radical (unpaired) electrons. The van der Waals surface area contributed by atoms with Crippen molar-refractivity contribution in [2.75, 3.05) is 7.05 Å². The summed E-state index contributed by atoms with van der Waals surface area (Å²) in [6.07, 6.45) is 3.57. The standard InChI is InChI=1S/C25H37NO5/c1-11(2)18-20(28)17(23(29)26(18)7)19(27)16-15-12(3)9-8-10-14(15)22-25(6,31-22)21(16)24(5)13(4)30-24/h11-16,18,21-22,27H,8-10H2,1-7H3/b19-17-/t12-,13-,14+,15+,16+,18+,21-,22+,24+,25-/m0/s1. The van der Waals surface area contributed by atoms with E-state index < -0.39 is 11.6 Å². The Bertz CT molecular complexity index is 866. The number of aliphatic hydroxyl groups excluding tert-OH is 1. The fourth-order valence-corrected chi connectivity index (χ4v) is 7.86. The Balaban J connectivity index is 1.66. The summed E-state index contributed by atoms with van der Waals surface area (Å²) in [7, 11) is 1.67. The fraction of sp³-hybridized carbons (Fsp3) is 0.840. The summed E-state index contributed by atoms with van der Waals surface area (Å²) >= 11 is 0. The maximum atomic E-state index is 13.4. The molecule has 0 unspecified atom stereocenters. The minimum Gasteiger partial charge on any atom is -0.511 e. The van der Waals surface area contributed by atoms with Crippen LogP contribution in [0.3, 0.4) is 0 Å². The van der Waals surface area contributed by atoms with Gasteiger partial charge in [-0.1, -0.05) is 33.6 Å². The van der Waals surface area contributed by atoms with Crippen molar-refractivity contribution in [1.82, 2.24) is 4.90 Å². The Labute approximate surface area is 185 Å². The predicted molar refractivity (Wildman–Crippen MR) is 115 cm³/mol. The number of hydrogen-bond donors (Lipinski definition) is 1. The highest BCUT2D eigenvalue weighted by Gasteiger charge is 2.77. The van der Waals surface area contributed by atoms with Gasteiger partial charge in [0.15, 0.2) is 5.78 Å². The number of ketones is 1. The van der Waals surface area contributed by atoms with Gasteiger partial charge in [-0.05, 0) is 50.9 Å². The van der Waals surface area contributed by atoms with Crippen LogP contribution in [0.5, 0.6) is 0 Å². The van der Waals surface area contributed by atoms with Crippen molar-refractivity contribution in [2.24, 2.45) is 35.5 Å². The molecule has 6 nitrogen and oxygen atoms in total. The van der Waals surface area contributed by atoms with E-state index in [9.17, 15) is 14.7 Å². The smallest absolute Gasteiger partial charge is 0.261 e. The van der Waals surface area contributed by atoms with Crippen molar-refractivity contribution in [3.8, 4) is 0 Å². The van der Waals surface area contributed by atoms with E-state index in [1.54, 1.807) is 7.05 Å². The van der Waals surface area contributed by atoms with E-state index in [0.717, 1.165) is 19.3 Å². The zero-order valence-corrected chi connectivity index (χ0v) is 19.8. The van der Waals surface area contributed by atoms with Gasteiger partial charge in [-0.25, -0.2) is 0 Å². The van der Waals surface area contributed by atoms with Crippen LogP contribution in [0.1, 0.15) is 60.8 Å². The zero-order valence-electron chi connectivity index (χ0n) is 19.8. The van der Waals surface area contributed by atoms with Crippen LogP contribution in [0.2, 0.25) is 0 Å². The predicted octanol–water partition coefficient (Wildman–Crippen LogP) is 3.50. The number of ether oxygens (including phenoxy) is 2. The van der Waals surface area contributed by atoms with Crippen LogP contribution in [-0.4, -0.2) is 58.2 Å². The van der Waals surface area contributed by atoms with Crippen LogP contribution in [0.25, 0.3) is 0 Å². The molecule has 31 heavy (non-hydrogen) atoms. The number of likely N-dealkylation sites (N-methyl/N-ethyl adjacent to an activating group) is 1. The average Bonchev–Trinajstić information content (AvgIpc) is 3.52. The summed E-state index contributed by atoms with van der Waals surface area (Å²) in [5.74, 6) is -0.0579. The minimum atomic E-state index is -0.515. The van der Waals surface area contributed by atoms with Gasteiger partial charge in [0.25, 0.3) is 5.91 Å². The van der Waals surface area contributed by atoms with Crippen LogP contribution >= 0.6 is 0 Å². The largest absolute Gasteiger partial charge is 0.511 e. The molecule has 0 spiro atoms. The number of nitrogens with zero attached hydrogens (tertiary/aromatic N) is 1. The molecular weight excluding hydrogens is 394 g/mol. The first-order valence-corrected chi connectivity index (χ1v) is 12.0. The molecule has 0 bridgehead atoms. The number of hydrogen-bond acceptors (Lipinski definition) is 5. The molecule has 1 N–H and O–H groups in total. The van der Waals surface area contributed by atoms with Crippen molar-refractivity contribution in [1.29, 1.82) is 0 Å². The van der Waals surface area contributed by atoms with Gasteiger partial charge in [0.1, 0.15) is 11.3 Å². The van der Waals surface area contributed by atoms with Crippen LogP contribution in [0.4, 0.5) is 0 Å². The van der Waals surface area contributed by atoms with Gasteiger partial charge in [-0.15, -0.1) is 0 Å². The quantitative estimate of drug-likeness (QED) is 0.320. The first kappa shape index (κ1) is 21.4. The van der Waals surface area contributed by atoms with E-state index in [1.165, 1.54) is 4.90 Å². The molecule has 5 aliphatic rings. The molecule has 3 aliphatic heterocycles. The second-order valence-corrected chi connectivity index (χ2v) is 11.5. The SMILES string of the molecule is CC(C)[C@@H]1C(=O)/C(=C(/O)[C@H]2[C@H]3[C@@H](CCC[C@@H]3C)[C@H]3O[C@@]3(C)[C@@H]2[C@]2(C)O[C@H]2C)C(=O)N1C. The lowest BCUT2D eigenvalue weighted by atomic mass is 9.52. The molecule has 172 valence electrons. The van der Waals surface area contributed by atoms with Gasteiger partial charge in [0.05, 0.1) is 29.5 Å². The molecule has 0 aromatic heterocycles. The van der Waals surface area contributed by atoms with Crippen molar-refractivity contribution in [2.45, 2.75) is 90.3 Å². The monoisotopic (exact) mass is 431 g/mol. The molecular formula is C25H37NO5. The Kier molecular flexibility index (Phi) is 4.54. The maximum Gasteiger partial charge on any atom is 0.261 e. The van der Waals surface area contributed by atoms with Crippen LogP contribution < -0.4 is 0 Å². The van der Waals surface area contributed by atoms with Gasteiger partial charge >= 0.3 is 0 Å². The number of carbonyl (C=O) groups is 2. The lowest BCUT2D eigenvalue weighted by Crippen LogP contribution is -2.54. The number of Topliss-reactive ketones (excluding diaryl/α,β-unsaturated/α-hetero) is 1. The number of epoxide rings is 2. The van der Waals surface area contributed by atoms with E-state index in [4.69, 9.17) is 9.47 Å². The van der Waals surface area contributed by atoms with Gasteiger partial charge in [0.2, 0.25) is 0 Å². The third-order valence-electron chi connectivity index (χ3n) is 9.49. The highest BCUT2D eigenvalue weighted by molar-refractivity contribution is 6.26. The first-order valence-electron chi connectivity index (χ1n) is 12.0. The molecule has 2 aliphatic carbocycles. The number of rotatable bonds is 3. The van der Waals surface area contributed by atoms with Crippen molar-refractivity contribution < 1.29 is 24.2 Å². The Morgan fingerprint density at radius 3 is 2.32 bits per heavy atom. The van der Waals surface area contributed by atoms with E-state index in [2.05, 4.69) is 27.7 Å². The normalized spacial score (nSPS) is 52.8. The number of allylic oxidation sites excluding steroid dienone is 1. The summed E-state index contributed by atoms with van der Waals surface area (Å²) in [6.45, 7) is 12.5. The Morgan fingerprint density at radius 2 is 1.77 bits per heavy atom. The summed E-state index contributed by atoms with van der Waals surface area (Å²) < 4.78 is 12.5. The fourth-order valence-electron chi connectivity index (χ4n) is 7.86. The van der Waals surface area contributed by atoms with Crippen LogP contribution in [-0.2, 0) is 19.1 Å². The molecule has 6 heteroatoms. The number of fused-ring (bicyclic) bond motifs is 3. The molecule has 1 amide bonds. The van der Waals surface area contributed by atoms with Crippen molar-refractivity contribution in [3.05, 3.63) is 11.3 Å². The molecule has 2 saturated carbocycles. The number of aliphatic hydroxyl groups is 1. The van der Waals surface area contributed by atoms with Crippen LogP contribution in [0, 0.1) is 35.5 Å². The number of amides is 1. The molecule has 5 rings (SSSR count).